The minimum atomic E-state index is -1.28. The maximum absolute atomic E-state index is 12.0. The summed E-state index contributed by atoms with van der Waals surface area (Å²) in [7, 11) is 0. The number of likely N-dealkylation sites (tertiary alicyclic amines) is 1. The summed E-state index contributed by atoms with van der Waals surface area (Å²) in [6, 6.07) is -1.71. The molecule has 0 spiro atoms. The zero-order chi connectivity index (χ0) is 19.0. The molecule has 2 aromatic rings. The lowest BCUT2D eigenvalue weighted by molar-refractivity contribution is 0.0164. The molecule has 1 saturated heterocycles. The van der Waals surface area contributed by atoms with Gasteiger partial charge in [0.2, 0.25) is 5.95 Å². The molecule has 140 valence electrons. The summed E-state index contributed by atoms with van der Waals surface area (Å²) < 4.78 is 5.45. The number of hydrogen-bond acceptors (Lipinski definition) is 8. The molecule has 0 saturated carbocycles. The molecule has 1 aliphatic rings. The summed E-state index contributed by atoms with van der Waals surface area (Å²) in [4.78, 5) is 22.8. The van der Waals surface area contributed by atoms with E-state index in [0.717, 1.165) is 0 Å². The van der Waals surface area contributed by atoms with Gasteiger partial charge in [-0.1, -0.05) is 12.7 Å². The Morgan fingerprint density at radius 3 is 2.85 bits per heavy atom. The Kier molecular flexibility index (Phi) is 4.72. The number of aliphatic hydroxyl groups excluding tert-OH is 3. The quantitative estimate of drug-likeness (QED) is 0.280. The van der Waals surface area contributed by atoms with Crippen LogP contribution in [0, 0.1) is 0 Å². The predicted molar refractivity (Wildman–Crippen MR) is 93.9 cm³/mol. The van der Waals surface area contributed by atoms with E-state index in [0.29, 0.717) is 5.56 Å². The average Bonchev–Trinajstić information content (AvgIpc) is 3.12. The van der Waals surface area contributed by atoms with Crippen LogP contribution in [0.3, 0.4) is 0 Å². The molecule has 0 aliphatic carbocycles. The van der Waals surface area contributed by atoms with Gasteiger partial charge in [0.15, 0.2) is 5.88 Å². The Hall–Kier alpha value is -2.82. The Balaban J connectivity index is 2.12. The van der Waals surface area contributed by atoms with E-state index >= 15 is 0 Å². The van der Waals surface area contributed by atoms with Crippen LogP contribution in [0.15, 0.2) is 36.1 Å². The highest BCUT2D eigenvalue weighted by Crippen LogP contribution is 2.41. The number of anilines is 1. The lowest BCUT2D eigenvalue weighted by Crippen LogP contribution is -2.39. The lowest BCUT2D eigenvalue weighted by Gasteiger charge is -2.32. The van der Waals surface area contributed by atoms with Gasteiger partial charge in [-0.25, -0.2) is 4.98 Å². The Morgan fingerprint density at radius 2 is 2.19 bits per heavy atom. The van der Waals surface area contributed by atoms with Crippen molar-refractivity contribution in [2.24, 2.45) is 0 Å². The third kappa shape index (κ3) is 2.73. The Labute approximate surface area is 148 Å². The summed E-state index contributed by atoms with van der Waals surface area (Å²) >= 11 is 0. The maximum atomic E-state index is 12.0. The zero-order valence-electron chi connectivity index (χ0n) is 13.9. The van der Waals surface area contributed by atoms with Crippen LogP contribution in [0.4, 0.5) is 5.95 Å². The third-order valence-electron chi connectivity index (χ3n) is 4.47. The number of aromatic amines is 2. The van der Waals surface area contributed by atoms with Crippen LogP contribution in [0.1, 0.15) is 11.6 Å². The smallest absolute Gasteiger partial charge is 0.276 e. The molecule has 3 rings (SSSR count). The van der Waals surface area contributed by atoms with Crippen LogP contribution >= 0.6 is 0 Å². The second kappa shape index (κ2) is 6.83. The first-order valence-corrected chi connectivity index (χ1v) is 7.95. The molecule has 0 aromatic carbocycles. The monoisotopic (exact) mass is 363 g/mol. The molecule has 0 bridgehead atoms. The highest BCUT2D eigenvalue weighted by Gasteiger charge is 2.50. The van der Waals surface area contributed by atoms with E-state index in [-0.39, 0.29) is 29.5 Å². The number of ether oxygens (including phenoxy) is 1. The van der Waals surface area contributed by atoms with Gasteiger partial charge in [0.25, 0.3) is 5.56 Å². The van der Waals surface area contributed by atoms with Crippen molar-refractivity contribution in [3.63, 3.8) is 0 Å². The minimum Gasteiger partial charge on any atom is -0.475 e. The number of H-pyrrole nitrogens is 2. The SMILES string of the molecule is C=CCOC(=C)N1C(CO)C(O)C(O)C1c1c[nH]c2c(=O)[nH]c(N)nc12. The van der Waals surface area contributed by atoms with E-state index in [4.69, 9.17) is 10.5 Å². The highest BCUT2D eigenvalue weighted by molar-refractivity contribution is 5.79. The molecule has 1 aliphatic heterocycles. The van der Waals surface area contributed by atoms with Gasteiger partial charge in [0.05, 0.1) is 18.7 Å². The molecule has 26 heavy (non-hydrogen) atoms. The molecule has 1 fully saturated rings. The Morgan fingerprint density at radius 1 is 1.46 bits per heavy atom. The second-order valence-corrected chi connectivity index (χ2v) is 6.00. The number of nitrogens with one attached hydrogen (secondary N) is 2. The number of fused-ring (bicyclic) bond motifs is 1. The van der Waals surface area contributed by atoms with Crippen molar-refractivity contribution >= 4 is 17.0 Å². The number of nitrogen functional groups attached to an aromatic ring is 1. The fourth-order valence-corrected chi connectivity index (χ4v) is 3.33. The van der Waals surface area contributed by atoms with Crippen molar-refractivity contribution in [1.29, 1.82) is 0 Å². The number of nitrogens with zero attached hydrogens (tertiary/aromatic N) is 2. The van der Waals surface area contributed by atoms with Crippen molar-refractivity contribution in [3.05, 3.63) is 47.2 Å². The van der Waals surface area contributed by atoms with Crippen LogP contribution in [0.5, 0.6) is 0 Å². The van der Waals surface area contributed by atoms with Crippen molar-refractivity contribution in [2.45, 2.75) is 24.3 Å². The highest BCUT2D eigenvalue weighted by atomic mass is 16.5. The average molecular weight is 363 g/mol. The van der Waals surface area contributed by atoms with Gasteiger partial charge < -0.3 is 35.7 Å². The van der Waals surface area contributed by atoms with Gasteiger partial charge in [-0.05, 0) is 6.58 Å². The molecule has 10 heteroatoms. The van der Waals surface area contributed by atoms with Crippen molar-refractivity contribution < 1.29 is 20.1 Å². The van der Waals surface area contributed by atoms with Gasteiger partial charge in [-0.2, -0.15) is 0 Å². The standard InChI is InChI=1S/C16H21N5O5/c1-3-4-26-7(2)21-9(6-22)13(23)14(24)12(21)8-5-18-11-10(8)19-16(17)20-15(11)25/h3,5,9,12-14,18,22-24H,1-2,4,6H2,(H3,17,19,20,25). The molecule has 0 radical (unpaired) electrons. The second-order valence-electron chi connectivity index (χ2n) is 6.00. The normalized spacial score (nSPS) is 25.6. The molecule has 3 heterocycles. The first kappa shape index (κ1) is 18.0. The van der Waals surface area contributed by atoms with E-state index in [1.807, 2.05) is 0 Å². The predicted octanol–water partition coefficient (Wildman–Crippen LogP) is -1.05. The number of rotatable bonds is 6. The van der Waals surface area contributed by atoms with Crippen molar-refractivity contribution in [2.75, 3.05) is 18.9 Å². The maximum Gasteiger partial charge on any atom is 0.276 e. The van der Waals surface area contributed by atoms with E-state index < -0.39 is 36.5 Å². The van der Waals surface area contributed by atoms with Gasteiger partial charge in [0.1, 0.15) is 29.8 Å². The van der Waals surface area contributed by atoms with Gasteiger partial charge in [0, 0.05) is 11.8 Å². The van der Waals surface area contributed by atoms with Crippen molar-refractivity contribution in [3.8, 4) is 0 Å². The molecule has 4 atom stereocenters. The molecular weight excluding hydrogens is 342 g/mol. The number of aliphatic hydroxyl groups is 3. The van der Waals surface area contributed by atoms with Gasteiger partial charge >= 0.3 is 0 Å². The van der Waals surface area contributed by atoms with E-state index in [1.165, 1.54) is 17.2 Å². The summed E-state index contributed by atoms with van der Waals surface area (Å²) in [5.74, 6) is 0.0556. The molecule has 4 unspecified atom stereocenters. The van der Waals surface area contributed by atoms with Gasteiger partial charge in [-0.3, -0.25) is 9.78 Å². The fraction of sp³-hybridized carbons (Fsp3) is 0.375. The van der Waals surface area contributed by atoms with Crippen molar-refractivity contribution in [1.82, 2.24) is 19.9 Å². The third-order valence-corrected chi connectivity index (χ3v) is 4.47. The molecule has 2 aromatic heterocycles. The first-order valence-electron chi connectivity index (χ1n) is 7.95. The fourth-order valence-electron chi connectivity index (χ4n) is 3.33. The summed E-state index contributed by atoms with van der Waals surface area (Å²) in [5.41, 5.74) is 6.02. The largest absolute Gasteiger partial charge is 0.475 e. The van der Waals surface area contributed by atoms with Crippen LogP contribution in [-0.4, -0.2) is 66.6 Å². The number of aromatic nitrogens is 3. The number of hydrogen-bond donors (Lipinski definition) is 6. The van der Waals surface area contributed by atoms with Crippen LogP contribution < -0.4 is 11.3 Å². The van der Waals surface area contributed by atoms with E-state index in [1.54, 1.807) is 0 Å². The van der Waals surface area contributed by atoms with Crippen LogP contribution in [0.2, 0.25) is 0 Å². The lowest BCUT2D eigenvalue weighted by atomic mass is 10.0. The minimum absolute atomic E-state index is 0.0802. The van der Waals surface area contributed by atoms with Gasteiger partial charge in [-0.15, -0.1) is 0 Å². The van der Waals surface area contributed by atoms with Crippen LogP contribution in [0.25, 0.3) is 11.0 Å². The summed E-state index contributed by atoms with van der Waals surface area (Å²) in [6.07, 6.45) is 0.473. The number of nitrogens with two attached hydrogens (primary N) is 1. The summed E-state index contributed by atoms with van der Waals surface area (Å²) in [5, 5.41) is 30.6. The van der Waals surface area contributed by atoms with E-state index in [2.05, 4.69) is 28.1 Å². The Bertz CT molecular complexity index is 891. The topological polar surface area (TPSA) is 161 Å². The summed E-state index contributed by atoms with van der Waals surface area (Å²) in [6.45, 7) is 7.09. The van der Waals surface area contributed by atoms with E-state index in [9.17, 15) is 20.1 Å². The van der Waals surface area contributed by atoms with Crippen LogP contribution in [-0.2, 0) is 4.74 Å². The first-order chi connectivity index (χ1) is 12.4. The molecule has 7 N–H and O–H groups in total. The molecular formula is C16H21N5O5. The zero-order valence-corrected chi connectivity index (χ0v) is 13.9. The molecule has 10 nitrogen and oxygen atoms in total. The molecule has 0 amide bonds.